The molecule has 4 rings (SSSR count). The molecule has 0 aromatic heterocycles. The number of nitrogens with two attached hydrogens (primary N) is 1. The van der Waals surface area contributed by atoms with E-state index in [2.05, 4.69) is 5.32 Å². The van der Waals surface area contributed by atoms with Gasteiger partial charge >= 0.3 is 5.97 Å². The number of hydrogen-bond acceptors (Lipinski definition) is 6. The van der Waals surface area contributed by atoms with Crippen LogP contribution in [0, 0.1) is 0 Å². The highest BCUT2D eigenvalue weighted by atomic mass is 35.5. The third-order valence-electron chi connectivity index (χ3n) is 5.82. The number of esters is 1. The number of nitrogens with one attached hydrogen (secondary N) is 1. The van der Waals surface area contributed by atoms with Gasteiger partial charge in [0.1, 0.15) is 12.1 Å². The molecule has 0 saturated carbocycles. The van der Waals surface area contributed by atoms with Crippen molar-refractivity contribution in [3.05, 3.63) is 106 Å². The van der Waals surface area contributed by atoms with Gasteiger partial charge in [-0.25, -0.2) is 0 Å². The number of halogens is 2. The summed E-state index contributed by atoms with van der Waals surface area (Å²) >= 11 is 13.8. The summed E-state index contributed by atoms with van der Waals surface area (Å²) in [6, 6.07) is 23.0. The molecule has 41 heavy (non-hydrogen) atoms. The average molecular weight is 611 g/mol. The SMILES string of the molecule is CC(C)(C)OC(=O)CN(Sc1cc(Cl)cc(Cl)c1)c1cccc2c(C(=O)NCc3cccc(C(N)=O)c3)cccc12. The van der Waals surface area contributed by atoms with Crippen LogP contribution in [-0.4, -0.2) is 29.9 Å². The van der Waals surface area contributed by atoms with Crippen LogP contribution in [0.1, 0.15) is 47.1 Å². The highest BCUT2D eigenvalue weighted by molar-refractivity contribution is 8.00. The number of fused-ring (bicyclic) bond motifs is 1. The highest BCUT2D eigenvalue weighted by Gasteiger charge is 2.23. The number of ether oxygens (including phenoxy) is 1. The first-order valence-corrected chi connectivity index (χ1v) is 14.2. The van der Waals surface area contributed by atoms with Crippen molar-refractivity contribution in [3.63, 3.8) is 0 Å². The molecule has 0 fully saturated rings. The van der Waals surface area contributed by atoms with Gasteiger partial charge in [0.15, 0.2) is 0 Å². The van der Waals surface area contributed by atoms with Crippen molar-refractivity contribution in [2.75, 3.05) is 10.8 Å². The van der Waals surface area contributed by atoms with Crippen molar-refractivity contribution in [3.8, 4) is 0 Å². The van der Waals surface area contributed by atoms with E-state index in [9.17, 15) is 14.4 Å². The van der Waals surface area contributed by atoms with Crippen molar-refractivity contribution >= 4 is 69.4 Å². The van der Waals surface area contributed by atoms with Gasteiger partial charge in [0.2, 0.25) is 5.91 Å². The van der Waals surface area contributed by atoms with E-state index in [1.807, 2.05) is 51.1 Å². The third-order valence-corrected chi connectivity index (χ3v) is 7.25. The topological polar surface area (TPSA) is 102 Å². The van der Waals surface area contributed by atoms with E-state index in [4.69, 9.17) is 33.7 Å². The molecule has 7 nitrogen and oxygen atoms in total. The molecule has 0 bridgehead atoms. The van der Waals surface area contributed by atoms with Crippen molar-refractivity contribution < 1.29 is 19.1 Å². The van der Waals surface area contributed by atoms with Crippen molar-refractivity contribution in [2.45, 2.75) is 37.8 Å². The predicted molar refractivity (Wildman–Crippen MR) is 166 cm³/mol. The van der Waals surface area contributed by atoms with Gasteiger partial charge in [-0.3, -0.25) is 14.4 Å². The number of benzene rings is 4. The zero-order chi connectivity index (χ0) is 29.7. The Kier molecular flexibility index (Phi) is 9.48. The second-order valence-electron chi connectivity index (χ2n) is 10.2. The maximum Gasteiger partial charge on any atom is 0.327 e. The average Bonchev–Trinajstić information content (AvgIpc) is 2.89. The summed E-state index contributed by atoms with van der Waals surface area (Å²) in [4.78, 5) is 38.5. The Morgan fingerprint density at radius 3 is 2.24 bits per heavy atom. The molecule has 0 radical (unpaired) electrons. The predicted octanol–water partition coefficient (Wildman–Crippen LogP) is 7.03. The number of amides is 2. The Labute approximate surface area is 253 Å². The van der Waals surface area contributed by atoms with Crippen LogP contribution < -0.4 is 15.4 Å². The summed E-state index contributed by atoms with van der Waals surface area (Å²) < 4.78 is 7.41. The van der Waals surface area contributed by atoms with Gasteiger partial charge in [-0.05, 0) is 86.1 Å². The molecule has 3 N–H and O–H groups in total. The molecule has 0 spiro atoms. The maximum atomic E-state index is 13.3. The largest absolute Gasteiger partial charge is 0.459 e. The first kappa shape index (κ1) is 30.2. The molecule has 0 saturated heterocycles. The van der Waals surface area contributed by atoms with Gasteiger partial charge in [-0.15, -0.1) is 0 Å². The van der Waals surface area contributed by atoms with E-state index in [0.29, 0.717) is 32.2 Å². The lowest BCUT2D eigenvalue weighted by atomic mass is 10.0. The normalized spacial score (nSPS) is 11.2. The quantitative estimate of drug-likeness (QED) is 0.156. The van der Waals surface area contributed by atoms with E-state index < -0.39 is 17.5 Å². The zero-order valence-corrected chi connectivity index (χ0v) is 25.1. The molecule has 0 aliphatic rings. The number of anilines is 1. The van der Waals surface area contributed by atoms with Crippen LogP contribution in [0.15, 0.2) is 83.8 Å². The van der Waals surface area contributed by atoms with E-state index in [1.165, 1.54) is 11.9 Å². The minimum atomic E-state index is -0.659. The maximum absolute atomic E-state index is 13.3. The lowest BCUT2D eigenvalue weighted by Gasteiger charge is -2.27. The summed E-state index contributed by atoms with van der Waals surface area (Å²) in [5.41, 5.74) is 7.01. The first-order chi connectivity index (χ1) is 19.4. The van der Waals surface area contributed by atoms with Gasteiger partial charge in [0.25, 0.3) is 5.91 Å². The van der Waals surface area contributed by atoms with Gasteiger partial charge in [0, 0.05) is 38.0 Å². The summed E-state index contributed by atoms with van der Waals surface area (Å²) in [6.45, 7) is 5.58. The Bertz CT molecular complexity index is 1600. The molecule has 0 heterocycles. The Balaban J connectivity index is 1.67. The van der Waals surface area contributed by atoms with Crippen LogP contribution in [0.5, 0.6) is 0 Å². The van der Waals surface area contributed by atoms with Crippen molar-refractivity contribution in [2.24, 2.45) is 5.73 Å². The molecule has 4 aromatic rings. The second-order valence-corrected chi connectivity index (χ2v) is 12.2. The molecule has 10 heteroatoms. The minimum absolute atomic E-state index is 0.0716. The van der Waals surface area contributed by atoms with E-state index in [1.54, 1.807) is 52.8 Å². The first-order valence-electron chi connectivity index (χ1n) is 12.7. The molecular formula is C31H29Cl2N3O4S. The monoisotopic (exact) mass is 609 g/mol. The summed E-state index contributed by atoms with van der Waals surface area (Å²) in [6.07, 6.45) is 0. The highest BCUT2D eigenvalue weighted by Crippen LogP contribution is 2.37. The lowest BCUT2D eigenvalue weighted by molar-refractivity contribution is -0.152. The number of nitrogens with zero attached hydrogens (tertiary/aromatic N) is 1. The fraction of sp³-hybridized carbons (Fsp3) is 0.194. The lowest BCUT2D eigenvalue weighted by Crippen LogP contribution is -2.31. The van der Waals surface area contributed by atoms with Gasteiger partial charge in [-0.2, -0.15) is 0 Å². The molecule has 2 amide bonds. The number of carbonyl (C=O) groups is 3. The number of hydrogen-bond donors (Lipinski definition) is 2. The minimum Gasteiger partial charge on any atom is -0.459 e. The third kappa shape index (κ3) is 8.16. The van der Waals surface area contributed by atoms with Crippen LogP contribution in [-0.2, 0) is 16.1 Å². The fourth-order valence-corrected chi connectivity index (χ4v) is 5.88. The van der Waals surface area contributed by atoms with Crippen molar-refractivity contribution in [1.82, 2.24) is 5.32 Å². The fourth-order valence-electron chi connectivity index (χ4n) is 4.19. The standard InChI is InChI=1S/C31H29Cl2N3O4S/c1-31(2,3)40-28(37)18-36(41-23-15-21(32)14-22(33)16-23)27-12-6-9-24-25(27)10-5-11-26(24)30(39)35-17-19-7-4-8-20(13-19)29(34)38/h4-16H,17-18H2,1-3H3,(H2,34,38)(H,35,39). The number of carbonyl (C=O) groups excluding carboxylic acids is 3. The summed E-state index contributed by atoms with van der Waals surface area (Å²) in [5, 5.41) is 5.32. The van der Waals surface area contributed by atoms with E-state index in [0.717, 1.165) is 15.8 Å². The zero-order valence-electron chi connectivity index (χ0n) is 22.7. The smallest absolute Gasteiger partial charge is 0.327 e. The molecule has 0 aliphatic heterocycles. The van der Waals surface area contributed by atoms with Crippen LogP contribution in [0.3, 0.4) is 0 Å². The Hall–Kier alpha value is -3.72. The summed E-state index contributed by atoms with van der Waals surface area (Å²) in [7, 11) is 0. The van der Waals surface area contributed by atoms with Gasteiger partial charge in [-0.1, -0.05) is 59.6 Å². The van der Waals surface area contributed by atoms with Crippen LogP contribution >= 0.6 is 35.1 Å². The van der Waals surface area contributed by atoms with E-state index >= 15 is 0 Å². The Morgan fingerprint density at radius 1 is 0.902 bits per heavy atom. The van der Waals surface area contributed by atoms with Gasteiger partial charge < -0.3 is 20.1 Å². The molecule has 4 aromatic carbocycles. The van der Waals surface area contributed by atoms with Crippen LogP contribution in [0.25, 0.3) is 10.8 Å². The number of rotatable bonds is 9. The molecule has 0 aliphatic carbocycles. The van der Waals surface area contributed by atoms with Crippen molar-refractivity contribution in [1.29, 1.82) is 0 Å². The number of primary amides is 1. The molecule has 0 atom stereocenters. The summed E-state index contributed by atoms with van der Waals surface area (Å²) in [5.74, 6) is -1.24. The van der Waals surface area contributed by atoms with Gasteiger partial charge in [0.05, 0.1) is 5.69 Å². The molecular weight excluding hydrogens is 581 g/mol. The van der Waals surface area contributed by atoms with E-state index in [-0.39, 0.29) is 19.0 Å². The molecule has 0 unspecified atom stereocenters. The Morgan fingerprint density at radius 2 is 1.56 bits per heavy atom. The molecule has 212 valence electrons. The van der Waals surface area contributed by atoms with Crippen LogP contribution in [0.2, 0.25) is 10.0 Å². The second kappa shape index (κ2) is 12.9. The van der Waals surface area contributed by atoms with Crippen LogP contribution in [0.4, 0.5) is 5.69 Å².